The van der Waals surface area contributed by atoms with Crippen molar-refractivity contribution in [2.24, 2.45) is 4.99 Å². The van der Waals surface area contributed by atoms with Crippen molar-refractivity contribution >= 4 is 6.21 Å². The number of aliphatic imine (C=N–C) groups is 1. The summed E-state index contributed by atoms with van der Waals surface area (Å²) in [5.41, 5.74) is 1.12. The average Bonchev–Trinajstić information content (AvgIpc) is 2.05. The van der Waals surface area contributed by atoms with E-state index in [2.05, 4.69) is 18.0 Å². The maximum atomic E-state index is 4.10. The molecule has 0 N–H and O–H groups in total. The first-order valence-corrected chi connectivity index (χ1v) is 4.46. The van der Waals surface area contributed by atoms with E-state index in [-0.39, 0.29) is 0 Å². The third kappa shape index (κ3) is 12.6. The van der Waals surface area contributed by atoms with Gasteiger partial charge in [0.15, 0.2) is 0 Å². The second-order valence-electron chi connectivity index (χ2n) is 2.02. The molecule has 0 radical (unpaired) electrons. The molecule has 0 aromatic carbocycles. The predicted octanol–water partition coefficient (Wildman–Crippen LogP) is 3.81. The first-order valence-electron chi connectivity index (χ1n) is 4.46. The second kappa shape index (κ2) is 12.1. The maximum Gasteiger partial charge on any atom is 0.0328 e. The molecule has 1 heteroatoms. The highest BCUT2D eigenvalue weighted by Gasteiger charge is 1.78. The Balaban J connectivity index is 0. The summed E-state index contributed by atoms with van der Waals surface area (Å²) < 4.78 is 0. The van der Waals surface area contributed by atoms with Crippen molar-refractivity contribution < 1.29 is 0 Å². The first kappa shape index (κ1) is 13.0. The molecule has 0 fully saturated rings. The lowest BCUT2D eigenvalue weighted by Crippen LogP contribution is -1.70. The highest BCUT2D eigenvalue weighted by Crippen LogP contribution is 1.97. The summed E-state index contributed by atoms with van der Waals surface area (Å²) in [6.07, 6.45) is 6.32. The third-order valence-corrected chi connectivity index (χ3v) is 1.06. The predicted molar refractivity (Wildman–Crippen MR) is 54.2 cm³/mol. The monoisotopic (exact) mass is 155 g/mol. The number of rotatable bonds is 3. The molecule has 0 amide bonds. The smallest absolute Gasteiger partial charge is 0.0328 e. The van der Waals surface area contributed by atoms with Crippen molar-refractivity contribution in [2.75, 3.05) is 0 Å². The summed E-state index contributed by atoms with van der Waals surface area (Å²) in [7, 11) is 0. The van der Waals surface area contributed by atoms with E-state index in [4.69, 9.17) is 0 Å². The lowest BCUT2D eigenvalue weighted by Gasteiger charge is -1.88. The Kier molecular flexibility index (Phi) is 14.4. The van der Waals surface area contributed by atoms with Gasteiger partial charge in [-0.3, -0.25) is 4.99 Å². The normalized spacial score (nSPS) is 11.2. The Morgan fingerprint density at radius 3 is 2.27 bits per heavy atom. The van der Waals surface area contributed by atoms with Gasteiger partial charge in [-0.15, -0.1) is 0 Å². The van der Waals surface area contributed by atoms with Gasteiger partial charge >= 0.3 is 0 Å². The van der Waals surface area contributed by atoms with Gasteiger partial charge in [0.1, 0.15) is 0 Å². The largest absolute Gasteiger partial charge is 0.267 e. The van der Waals surface area contributed by atoms with Crippen LogP contribution in [0, 0.1) is 0 Å². The van der Waals surface area contributed by atoms with Crippen LogP contribution in [0.2, 0.25) is 0 Å². The van der Waals surface area contributed by atoms with Gasteiger partial charge in [-0.1, -0.05) is 33.3 Å². The first-order chi connectivity index (χ1) is 5.31. The van der Waals surface area contributed by atoms with Gasteiger partial charge < -0.3 is 0 Å². The summed E-state index contributed by atoms with van der Waals surface area (Å²) in [5.74, 6) is 0. The highest BCUT2D eigenvalue weighted by molar-refractivity contribution is 5.55. The fraction of sp³-hybridized carbons (Fsp3) is 0.700. The van der Waals surface area contributed by atoms with Crippen molar-refractivity contribution in [1.82, 2.24) is 0 Å². The van der Waals surface area contributed by atoms with E-state index in [1.807, 2.05) is 33.9 Å². The molecule has 0 heterocycles. The molecule has 0 bridgehead atoms. The molecule has 0 aliphatic rings. The van der Waals surface area contributed by atoms with E-state index in [1.54, 1.807) is 0 Å². The standard InChI is InChI=1S/C8H15N.C2H6/c1-4-6-7-8(3)9-5-2;1-2/h5,7H,4,6H2,1-3H3;1-2H3/b8-7-,9-5?;. The maximum absolute atomic E-state index is 4.10. The summed E-state index contributed by atoms with van der Waals surface area (Å²) >= 11 is 0. The van der Waals surface area contributed by atoms with Crippen LogP contribution in [0.3, 0.4) is 0 Å². The van der Waals surface area contributed by atoms with Crippen molar-refractivity contribution in [2.45, 2.75) is 47.5 Å². The van der Waals surface area contributed by atoms with Crippen LogP contribution in [0.5, 0.6) is 0 Å². The zero-order chi connectivity index (χ0) is 9.11. The van der Waals surface area contributed by atoms with Gasteiger partial charge in [-0.2, -0.15) is 0 Å². The summed E-state index contributed by atoms with van der Waals surface area (Å²) in [6, 6.07) is 0. The summed E-state index contributed by atoms with van der Waals surface area (Å²) in [5, 5.41) is 0. The number of hydrogen-bond acceptors (Lipinski definition) is 1. The van der Waals surface area contributed by atoms with E-state index < -0.39 is 0 Å². The van der Waals surface area contributed by atoms with Gasteiger partial charge in [0, 0.05) is 11.9 Å². The van der Waals surface area contributed by atoms with Crippen LogP contribution in [-0.2, 0) is 0 Å². The Morgan fingerprint density at radius 1 is 1.36 bits per heavy atom. The number of hydrogen-bond donors (Lipinski definition) is 0. The molecule has 0 atom stereocenters. The lowest BCUT2D eigenvalue weighted by atomic mass is 10.3. The molecule has 0 aliphatic heterocycles. The number of nitrogens with zero attached hydrogens (tertiary/aromatic N) is 1. The molecular formula is C10H21N. The van der Waals surface area contributed by atoms with Gasteiger partial charge in [0.05, 0.1) is 0 Å². The molecule has 0 aromatic rings. The zero-order valence-corrected chi connectivity index (χ0v) is 8.52. The highest BCUT2D eigenvalue weighted by atomic mass is 14.7. The molecular weight excluding hydrogens is 134 g/mol. The fourth-order valence-electron chi connectivity index (χ4n) is 0.610. The molecule has 0 saturated heterocycles. The second-order valence-corrected chi connectivity index (χ2v) is 2.02. The van der Waals surface area contributed by atoms with Crippen LogP contribution >= 0.6 is 0 Å². The van der Waals surface area contributed by atoms with Gasteiger partial charge in [-0.05, 0) is 20.3 Å². The quantitative estimate of drug-likeness (QED) is 0.550. The lowest BCUT2D eigenvalue weighted by molar-refractivity contribution is 0.946. The molecule has 0 saturated carbocycles. The van der Waals surface area contributed by atoms with Crippen molar-refractivity contribution in [3.63, 3.8) is 0 Å². The zero-order valence-electron chi connectivity index (χ0n) is 8.52. The minimum Gasteiger partial charge on any atom is -0.267 e. The molecule has 0 spiro atoms. The van der Waals surface area contributed by atoms with Crippen molar-refractivity contribution in [3.05, 3.63) is 11.8 Å². The summed E-state index contributed by atoms with van der Waals surface area (Å²) in [6.45, 7) is 10.1. The molecule has 1 nitrogen and oxygen atoms in total. The molecule has 11 heavy (non-hydrogen) atoms. The molecule has 0 unspecified atom stereocenters. The van der Waals surface area contributed by atoms with Crippen LogP contribution in [0.1, 0.15) is 47.5 Å². The van der Waals surface area contributed by atoms with Gasteiger partial charge in [0.2, 0.25) is 0 Å². The number of unbranched alkanes of at least 4 members (excludes halogenated alkanes) is 1. The molecule has 0 rings (SSSR count). The van der Waals surface area contributed by atoms with Crippen LogP contribution in [0.4, 0.5) is 0 Å². The Labute approximate surface area is 71.2 Å². The van der Waals surface area contributed by atoms with Crippen LogP contribution in [0.15, 0.2) is 16.8 Å². The van der Waals surface area contributed by atoms with Crippen LogP contribution in [0.25, 0.3) is 0 Å². The van der Waals surface area contributed by atoms with E-state index >= 15 is 0 Å². The summed E-state index contributed by atoms with van der Waals surface area (Å²) in [4.78, 5) is 4.10. The molecule has 0 aromatic heterocycles. The van der Waals surface area contributed by atoms with Gasteiger partial charge in [-0.25, -0.2) is 0 Å². The Morgan fingerprint density at radius 2 is 1.91 bits per heavy atom. The van der Waals surface area contributed by atoms with E-state index in [1.165, 1.54) is 6.42 Å². The fourth-order valence-corrected chi connectivity index (χ4v) is 0.610. The van der Waals surface area contributed by atoms with Crippen molar-refractivity contribution in [1.29, 1.82) is 0 Å². The number of allylic oxidation sites excluding steroid dienone is 2. The van der Waals surface area contributed by atoms with Crippen molar-refractivity contribution in [3.8, 4) is 0 Å². The molecule has 0 aliphatic carbocycles. The van der Waals surface area contributed by atoms with Gasteiger partial charge in [0.25, 0.3) is 0 Å². The van der Waals surface area contributed by atoms with Crippen LogP contribution in [-0.4, -0.2) is 6.21 Å². The minimum atomic E-state index is 1.12. The van der Waals surface area contributed by atoms with E-state index in [9.17, 15) is 0 Å². The Bertz CT molecular complexity index is 112. The molecule has 66 valence electrons. The minimum absolute atomic E-state index is 1.12. The third-order valence-electron chi connectivity index (χ3n) is 1.06. The SMILES string of the molecule is CC.CC=N/C(C)=C\CCC. The van der Waals surface area contributed by atoms with Crippen LogP contribution < -0.4 is 0 Å². The Hall–Kier alpha value is -0.590. The topological polar surface area (TPSA) is 12.4 Å². The van der Waals surface area contributed by atoms with E-state index in [0.717, 1.165) is 12.1 Å². The van der Waals surface area contributed by atoms with E-state index in [0.29, 0.717) is 0 Å². The average molecular weight is 155 g/mol.